The van der Waals surface area contributed by atoms with Gasteiger partial charge in [0.1, 0.15) is 0 Å². The number of aliphatic hydroxyl groups is 1. The summed E-state index contributed by atoms with van der Waals surface area (Å²) < 4.78 is 0. The van der Waals surface area contributed by atoms with Gasteiger partial charge in [-0.25, -0.2) is 0 Å². The molecule has 1 atom stereocenters. The standard InChI is InChI=1S/C10H18N2O3/c1-7(13)12(2)6-10(15)11-5-9(14)8-3-4-8/h8-9,14H,3-6H2,1-2H3,(H,11,15). The smallest absolute Gasteiger partial charge is 0.239 e. The van der Waals surface area contributed by atoms with E-state index < -0.39 is 6.10 Å². The molecule has 0 saturated heterocycles. The van der Waals surface area contributed by atoms with Gasteiger partial charge in [-0.05, 0) is 18.8 Å². The molecule has 1 rings (SSSR count). The maximum absolute atomic E-state index is 11.3. The van der Waals surface area contributed by atoms with Crippen LogP contribution < -0.4 is 5.32 Å². The first-order valence-electron chi connectivity index (χ1n) is 5.17. The van der Waals surface area contributed by atoms with Gasteiger partial charge in [0, 0.05) is 20.5 Å². The van der Waals surface area contributed by atoms with Crippen molar-refractivity contribution in [2.24, 2.45) is 5.92 Å². The molecule has 0 bridgehead atoms. The van der Waals surface area contributed by atoms with Gasteiger partial charge in [-0.2, -0.15) is 0 Å². The summed E-state index contributed by atoms with van der Waals surface area (Å²) in [5.41, 5.74) is 0. The Morgan fingerprint density at radius 1 is 1.53 bits per heavy atom. The number of rotatable bonds is 5. The molecular weight excluding hydrogens is 196 g/mol. The van der Waals surface area contributed by atoms with Crippen LogP contribution in [0.15, 0.2) is 0 Å². The first kappa shape index (κ1) is 12.0. The number of carbonyl (C=O) groups excluding carboxylic acids is 2. The van der Waals surface area contributed by atoms with E-state index in [2.05, 4.69) is 5.32 Å². The minimum Gasteiger partial charge on any atom is -0.391 e. The molecular formula is C10H18N2O3. The van der Waals surface area contributed by atoms with Crippen molar-refractivity contribution in [3.05, 3.63) is 0 Å². The summed E-state index contributed by atoms with van der Waals surface area (Å²) >= 11 is 0. The fraction of sp³-hybridized carbons (Fsp3) is 0.800. The van der Waals surface area contributed by atoms with Gasteiger partial charge < -0.3 is 15.3 Å². The van der Waals surface area contributed by atoms with Gasteiger partial charge in [0.15, 0.2) is 0 Å². The molecule has 1 fully saturated rings. The third-order valence-corrected chi connectivity index (χ3v) is 2.59. The molecule has 0 aromatic rings. The van der Waals surface area contributed by atoms with Crippen molar-refractivity contribution in [2.75, 3.05) is 20.1 Å². The highest BCUT2D eigenvalue weighted by molar-refractivity contribution is 5.83. The second kappa shape index (κ2) is 5.11. The maximum atomic E-state index is 11.3. The Labute approximate surface area is 89.4 Å². The van der Waals surface area contributed by atoms with Crippen LogP contribution in [0.2, 0.25) is 0 Å². The van der Waals surface area contributed by atoms with Crippen LogP contribution in [0.4, 0.5) is 0 Å². The zero-order chi connectivity index (χ0) is 11.4. The number of aliphatic hydroxyl groups excluding tert-OH is 1. The van der Waals surface area contributed by atoms with Crippen LogP contribution >= 0.6 is 0 Å². The van der Waals surface area contributed by atoms with Crippen LogP contribution in [0.3, 0.4) is 0 Å². The van der Waals surface area contributed by atoms with Crippen LogP contribution in [0.1, 0.15) is 19.8 Å². The van der Waals surface area contributed by atoms with Crippen LogP contribution in [0.25, 0.3) is 0 Å². The predicted molar refractivity (Wildman–Crippen MR) is 55.1 cm³/mol. The predicted octanol–water partition coefficient (Wildman–Crippen LogP) is -0.648. The largest absolute Gasteiger partial charge is 0.391 e. The highest BCUT2D eigenvalue weighted by Crippen LogP contribution is 2.32. The van der Waals surface area contributed by atoms with E-state index in [1.165, 1.54) is 11.8 Å². The van der Waals surface area contributed by atoms with Crippen molar-refractivity contribution in [2.45, 2.75) is 25.9 Å². The van der Waals surface area contributed by atoms with Gasteiger partial charge in [-0.15, -0.1) is 0 Å². The van der Waals surface area contributed by atoms with Crippen LogP contribution in [0, 0.1) is 5.92 Å². The van der Waals surface area contributed by atoms with Crippen LogP contribution in [0.5, 0.6) is 0 Å². The SMILES string of the molecule is CC(=O)N(C)CC(=O)NCC(O)C1CC1. The molecule has 5 nitrogen and oxygen atoms in total. The third-order valence-electron chi connectivity index (χ3n) is 2.59. The second-order valence-electron chi connectivity index (χ2n) is 4.08. The Balaban J connectivity index is 2.14. The summed E-state index contributed by atoms with van der Waals surface area (Å²) in [4.78, 5) is 23.5. The van der Waals surface area contributed by atoms with Gasteiger partial charge in [0.25, 0.3) is 0 Å². The first-order chi connectivity index (χ1) is 7.00. The molecule has 0 aromatic heterocycles. The molecule has 0 heterocycles. The number of hydrogen-bond donors (Lipinski definition) is 2. The van der Waals surface area contributed by atoms with Crippen molar-refractivity contribution in [1.29, 1.82) is 0 Å². The molecule has 1 aliphatic carbocycles. The third kappa shape index (κ3) is 4.29. The minimum absolute atomic E-state index is 0.0483. The Morgan fingerprint density at radius 2 is 2.13 bits per heavy atom. The number of nitrogens with zero attached hydrogens (tertiary/aromatic N) is 1. The minimum atomic E-state index is -0.434. The molecule has 0 spiro atoms. The normalized spacial score (nSPS) is 17.0. The lowest BCUT2D eigenvalue weighted by atomic mass is 10.2. The lowest BCUT2D eigenvalue weighted by molar-refractivity contribution is -0.133. The Morgan fingerprint density at radius 3 is 2.60 bits per heavy atom. The van der Waals surface area contributed by atoms with Gasteiger partial charge >= 0.3 is 0 Å². The van der Waals surface area contributed by atoms with E-state index in [4.69, 9.17) is 0 Å². The van der Waals surface area contributed by atoms with Crippen molar-refractivity contribution >= 4 is 11.8 Å². The topological polar surface area (TPSA) is 69.6 Å². The average molecular weight is 214 g/mol. The Kier molecular flexibility index (Phi) is 4.08. The molecule has 0 aromatic carbocycles. The monoisotopic (exact) mass is 214 g/mol. The van der Waals surface area contributed by atoms with Crippen molar-refractivity contribution in [3.63, 3.8) is 0 Å². The summed E-state index contributed by atoms with van der Waals surface area (Å²) in [5.74, 6) is -0.0175. The molecule has 0 aliphatic heterocycles. The lowest BCUT2D eigenvalue weighted by Gasteiger charge is -2.15. The number of nitrogens with one attached hydrogen (secondary N) is 1. The van der Waals surface area contributed by atoms with Crippen molar-refractivity contribution in [1.82, 2.24) is 10.2 Å². The highest BCUT2D eigenvalue weighted by atomic mass is 16.3. The number of amides is 2. The molecule has 15 heavy (non-hydrogen) atoms. The van der Waals surface area contributed by atoms with Gasteiger partial charge in [0.2, 0.25) is 11.8 Å². The van der Waals surface area contributed by atoms with Gasteiger partial charge in [-0.1, -0.05) is 0 Å². The fourth-order valence-corrected chi connectivity index (χ4v) is 1.25. The maximum Gasteiger partial charge on any atom is 0.239 e. The zero-order valence-corrected chi connectivity index (χ0v) is 9.19. The van der Waals surface area contributed by atoms with E-state index >= 15 is 0 Å². The summed E-state index contributed by atoms with van der Waals surface area (Å²) in [6.07, 6.45) is 1.66. The number of carbonyl (C=O) groups is 2. The van der Waals surface area contributed by atoms with E-state index in [-0.39, 0.29) is 24.9 Å². The molecule has 1 unspecified atom stereocenters. The van der Waals surface area contributed by atoms with E-state index in [0.717, 1.165) is 12.8 Å². The van der Waals surface area contributed by atoms with E-state index in [1.807, 2.05) is 0 Å². The van der Waals surface area contributed by atoms with Gasteiger partial charge in [-0.3, -0.25) is 9.59 Å². The summed E-state index contributed by atoms with van der Waals surface area (Å²) in [6, 6.07) is 0. The number of hydrogen-bond acceptors (Lipinski definition) is 3. The number of likely N-dealkylation sites (N-methyl/N-ethyl adjacent to an activating group) is 1. The average Bonchev–Trinajstić information content (AvgIpc) is 2.96. The van der Waals surface area contributed by atoms with Gasteiger partial charge in [0.05, 0.1) is 12.6 Å². The van der Waals surface area contributed by atoms with Crippen molar-refractivity contribution in [3.8, 4) is 0 Å². The second-order valence-corrected chi connectivity index (χ2v) is 4.08. The molecule has 2 amide bonds. The van der Waals surface area contributed by atoms with Crippen molar-refractivity contribution < 1.29 is 14.7 Å². The van der Waals surface area contributed by atoms with Crippen LogP contribution in [-0.2, 0) is 9.59 Å². The summed E-state index contributed by atoms with van der Waals surface area (Å²) in [5, 5.41) is 12.1. The zero-order valence-electron chi connectivity index (χ0n) is 9.19. The fourth-order valence-electron chi connectivity index (χ4n) is 1.25. The molecule has 1 aliphatic rings. The molecule has 2 N–H and O–H groups in total. The van der Waals surface area contributed by atoms with E-state index in [1.54, 1.807) is 7.05 Å². The molecule has 5 heteroatoms. The Bertz CT molecular complexity index is 251. The molecule has 0 radical (unpaired) electrons. The lowest BCUT2D eigenvalue weighted by Crippen LogP contribution is -2.40. The van der Waals surface area contributed by atoms with E-state index in [0.29, 0.717) is 5.92 Å². The quantitative estimate of drug-likeness (QED) is 0.639. The van der Waals surface area contributed by atoms with Crippen LogP contribution in [-0.4, -0.2) is 48.1 Å². The Hall–Kier alpha value is -1.10. The highest BCUT2D eigenvalue weighted by Gasteiger charge is 2.29. The summed E-state index contributed by atoms with van der Waals surface area (Å²) in [7, 11) is 1.57. The first-order valence-corrected chi connectivity index (χ1v) is 5.17. The van der Waals surface area contributed by atoms with E-state index in [9.17, 15) is 14.7 Å². The molecule has 1 saturated carbocycles. The molecule has 86 valence electrons. The summed E-state index contributed by atoms with van der Waals surface area (Å²) in [6.45, 7) is 1.74.